The van der Waals surface area contributed by atoms with Crippen molar-refractivity contribution in [1.82, 2.24) is 0 Å². The molecule has 0 saturated heterocycles. The average molecular weight is 199 g/mol. The maximum Gasteiger partial charge on any atom is 0.180 e. The van der Waals surface area contributed by atoms with E-state index in [-0.39, 0.29) is 11.6 Å². The van der Waals surface area contributed by atoms with Crippen LogP contribution in [0.15, 0.2) is 18.2 Å². The number of halogens is 2. The first-order chi connectivity index (χ1) is 6.29. The predicted molar refractivity (Wildman–Crippen MR) is 50.6 cm³/mol. The molecule has 0 heterocycles. The quantitative estimate of drug-likeness (QED) is 0.498. The Morgan fingerprint density at radius 3 is 2.92 bits per heavy atom. The Morgan fingerprint density at radius 1 is 1.54 bits per heavy atom. The summed E-state index contributed by atoms with van der Waals surface area (Å²) >= 11 is 5.35. The van der Waals surface area contributed by atoms with Crippen LogP contribution in [0.1, 0.15) is 5.56 Å². The highest BCUT2D eigenvalue weighted by molar-refractivity contribution is 6.19. The molecule has 0 fully saturated rings. The lowest BCUT2D eigenvalue weighted by molar-refractivity contribution is 0.386. The molecule has 13 heavy (non-hydrogen) atoms. The lowest BCUT2D eigenvalue weighted by Gasteiger charge is -2.01. The Balaban J connectivity index is 3.08. The second-order valence-electron chi connectivity index (χ2n) is 2.26. The summed E-state index contributed by atoms with van der Waals surface area (Å²) in [6, 6.07) is 4.80. The molecule has 0 aromatic heterocycles. The first-order valence-electron chi connectivity index (χ1n) is 3.67. The molecule has 0 atom stereocenters. The van der Waals surface area contributed by atoms with Crippen molar-refractivity contribution < 1.29 is 9.13 Å². The molecule has 0 aliphatic rings. The van der Waals surface area contributed by atoms with Gasteiger partial charge in [0.2, 0.25) is 0 Å². The Hall–Kier alpha value is -1.20. The third kappa shape index (κ3) is 2.37. The van der Waals surface area contributed by atoms with Crippen molar-refractivity contribution in [2.75, 3.05) is 13.0 Å². The summed E-state index contributed by atoms with van der Waals surface area (Å²) in [5.74, 6) is 5.12. The van der Waals surface area contributed by atoms with Gasteiger partial charge in [-0.3, -0.25) is 0 Å². The van der Waals surface area contributed by atoms with Crippen LogP contribution in [-0.2, 0) is 0 Å². The largest absolute Gasteiger partial charge is 0.494 e. The molecule has 0 N–H and O–H groups in total. The molecule has 1 rings (SSSR count). The molecule has 0 bridgehead atoms. The summed E-state index contributed by atoms with van der Waals surface area (Å²) in [7, 11) is 1.41. The Kier molecular flexibility index (Phi) is 3.60. The summed E-state index contributed by atoms with van der Waals surface area (Å²) in [6.07, 6.45) is 0. The zero-order valence-electron chi connectivity index (χ0n) is 7.10. The van der Waals surface area contributed by atoms with Crippen LogP contribution in [0.2, 0.25) is 0 Å². The summed E-state index contributed by atoms with van der Waals surface area (Å²) in [5, 5.41) is 0. The minimum atomic E-state index is -0.442. The Bertz CT molecular complexity index is 352. The van der Waals surface area contributed by atoms with Crippen LogP contribution in [0.4, 0.5) is 4.39 Å². The molecule has 0 aliphatic carbocycles. The van der Waals surface area contributed by atoms with Gasteiger partial charge in [-0.15, -0.1) is 11.6 Å². The molecule has 0 amide bonds. The van der Waals surface area contributed by atoms with Crippen molar-refractivity contribution in [3.05, 3.63) is 29.6 Å². The van der Waals surface area contributed by atoms with Crippen LogP contribution >= 0.6 is 11.6 Å². The molecule has 3 heteroatoms. The van der Waals surface area contributed by atoms with Gasteiger partial charge >= 0.3 is 0 Å². The fraction of sp³-hybridized carbons (Fsp3) is 0.200. The number of ether oxygens (including phenoxy) is 1. The molecular formula is C10H8ClFO. The van der Waals surface area contributed by atoms with E-state index in [4.69, 9.17) is 16.3 Å². The number of alkyl halides is 1. The molecule has 0 aliphatic heterocycles. The van der Waals surface area contributed by atoms with Gasteiger partial charge < -0.3 is 4.74 Å². The lowest BCUT2D eigenvalue weighted by Crippen LogP contribution is -1.90. The molecule has 0 spiro atoms. The second-order valence-corrected chi connectivity index (χ2v) is 2.52. The van der Waals surface area contributed by atoms with E-state index in [0.717, 1.165) is 0 Å². The highest BCUT2D eigenvalue weighted by Gasteiger charge is 2.04. The Labute approximate surface area is 81.5 Å². The van der Waals surface area contributed by atoms with Gasteiger partial charge in [0.1, 0.15) is 0 Å². The minimum Gasteiger partial charge on any atom is -0.494 e. The van der Waals surface area contributed by atoms with Crippen LogP contribution in [0.5, 0.6) is 5.75 Å². The van der Waals surface area contributed by atoms with E-state index in [1.807, 2.05) is 0 Å². The van der Waals surface area contributed by atoms with Crippen LogP contribution < -0.4 is 4.74 Å². The first kappa shape index (κ1) is 9.88. The van der Waals surface area contributed by atoms with Gasteiger partial charge in [0.25, 0.3) is 0 Å². The van der Waals surface area contributed by atoms with Crippen LogP contribution in [-0.4, -0.2) is 13.0 Å². The van der Waals surface area contributed by atoms with Crippen LogP contribution in [0.25, 0.3) is 0 Å². The summed E-state index contributed by atoms with van der Waals surface area (Å²) in [5.41, 5.74) is 0.306. The van der Waals surface area contributed by atoms with Crippen molar-refractivity contribution in [1.29, 1.82) is 0 Å². The summed E-state index contributed by atoms with van der Waals surface area (Å²) < 4.78 is 18.1. The molecule has 1 nitrogen and oxygen atoms in total. The monoisotopic (exact) mass is 198 g/mol. The van der Waals surface area contributed by atoms with Crippen LogP contribution in [0, 0.1) is 17.7 Å². The first-order valence-corrected chi connectivity index (χ1v) is 4.20. The number of hydrogen-bond acceptors (Lipinski definition) is 1. The minimum absolute atomic E-state index is 0.191. The van der Waals surface area contributed by atoms with Crippen molar-refractivity contribution in [3.63, 3.8) is 0 Å². The number of benzene rings is 1. The highest BCUT2D eigenvalue weighted by atomic mass is 35.5. The smallest absolute Gasteiger partial charge is 0.180 e. The maximum atomic E-state index is 13.3. The average Bonchev–Trinajstić information content (AvgIpc) is 2.16. The predicted octanol–water partition coefficient (Wildman–Crippen LogP) is 2.42. The van der Waals surface area contributed by atoms with E-state index in [1.54, 1.807) is 18.2 Å². The fourth-order valence-corrected chi connectivity index (χ4v) is 0.960. The third-order valence-electron chi connectivity index (χ3n) is 1.47. The highest BCUT2D eigenvalue weighted by Crippen LogP contribution is 2.18. The zero-order chi connectivity index (χ0) is 9.68. The molecule has 0 unspecified atom stereocenters. The normalized spacial score (nSPS) is 8.85. The second kappa shape index (κ2) is 4.74. The Morgan fingerprint density at radius 2 is 2.31 bits per heavy atom. The van der Waals surface area contributed by atoms with E-state index in [0.29, 0.717) is 5.56 Å². The molecule has 0 saturated carbocycles. The molecule has 1 aromatic rings. The van der Waals surface area contributed by atoms with Gasteiger partial charge in [-0.2, -0.15) is 0 Å². The molecule has 68 valence electrons. The summed E-state index contributed by atoms with van der Waals surface area (Å²) in [6.45, 7) is 0. The zero-order valence-corrected chi connectivity index (χ0v) is 7.86. The van der Waals surface area contributed by atoms with Gasteiger partial charge in [0, 0.05) is 0 Å². The molecule has 0 radical (unpaired) electrons. The molecule has 1 aromatic carbocycles. The third-order valence-corrected chi connectivity index (χ3v) is 1.61. The number of methoxy groups -OCH3 is 1. The van der Waals surface area contributed by atoms with E-state index in [2.05, 4.69) is 11.8 Å². The van der Waals surface area contributed by atoms with Gasteiger partial charge in [-0.05, 0) is 12.1 Å². The number of rotatable bonds is 1. The standard InChI is InChI=1S/C10H8ClFO/c1-13-9-6-2-4-8(10(9)12)5-3-7-11/h2,4,6H,7H2,1H3. The van der Waals surface area contributed by atoms with Crippen LogP contribution in [0.3, 0.4) is 0 Å². The van der Waals surface area contributed by atoms with Crippen molar-refractivity contribution in [2.24, 2.45) is 0 Å². The van der Waals surface area contributed by atoms with E-state index in [9.17, 15) is 4.39 Å². The van der Waals surface area contributed by atoms with Crippen molar-refractivity contribution in [3.8, 4) is 17.6 Å². The van der Waals surface area contributed by atoms with Gasteiger partial charge in [-0.25, -0.2) is 4.39 Å². The topological polar surface area (TPSA) is 9.23 Å². The SMILES string of the molecule is COc1cccc(C#CCCl)c1F. The van der Waals surface area contributed by atoms with E-state index in [1.165, 1.54) is 7.11 Å². The summed E-state index contributed by atoms with van der Waals surface area (Å²) in [4.78, 5) is 0. The number of hydrogen-bond donors (Lipinski definition) is 0. The van der Waals surface area contributed by atoms with Gasteiger partial charge in [0.05, 0.1) is 18.6 Å². The molecular weight excluding hydrogens is 191 g/mol. The fourth-order valence-electron chi connectivity index (χ4n) is 0.894. The van der Waals surface area contributed by atoms with Crippen molar-refractivity contribution >= 4 is 11.6 Å². The van der Waals surface area contributed by atoms with E-state index >= 15 is 0 Å². The maximum absolute atomic E-state index is 13.3. The lowest BCUT2D eigenvalue weighted by atomic mass is 10.2. The van der Waals surface area contributed by atoms with Gasteiger partial charge in [0.15, 0.2) is 11.6 Å². The van der Waals surface area contributed by atoms with Crippen molar-refractivity contribution in [2.45, 2.75) is 0 Å². The van der Waals surface area contributed by atoms with Gasteiger partial charge in [-0.1, -0.05) is 17.9 Å². The van der Waals surface area contributed by atoms with E-state index < -0.39 is 5.82 Å².